The van der Waals surface area contributed by atoms with Crippen LogP contribution in [0.25, 0.3) is 0 Å². The molecule has 0 radical (unpaired) electrons. The number of carbonyl (C=O) groups is 1. The fraction of sp³-hybridized carbons (Fsp3) is 0.667. The van der Waals surface area contributed by atoms with Gasteiger partial charge in [0.15, 0.2) is 5.76 Å². The highest BCUT2D eigenvalue weighted by Crippen LogP contribution is 2.13. The van der Waals surface area contributed by atoms with E-state index >= 15 is 0 Å². The van der Waals surface area contributed by atoms with Gasteiger partial charge in [-0.1, -0.05) is 13.8 Å². The Morgan fingerprint density at radius 3 is 2.57 bits per heavy atom. The number of aliphatic hydroxyl groups excluding tert-OH is 1. The lowest BCUT2D eigenvalue weighted by molar-refractivity contribution is 0.0623. The van der Waals surface area contributed by atoms with Crippen LogP contribution in [-0.2, 0) is 11.3 Å². The first kappa shape index (κ1) is 17.7. The highest BCUT2D eigenvalue weighted by molar-refractivity contribution is 5.91. The van der Waals surface area contributed by atoms with E-state index in [4.69, 9.17) is 14.3 Å². The number of carbonyl (C=O) groups excluding carboxylic acids is 1. The second-order valence-corrected chi connectivity index (χ2v) is 4.74. The minimum atomic E-state index is -0.216. The first-order chi connectivity index (χ1) is 10.2. The van der Waals surface area contributed by atoms with Gasteiger partial charge < -0.3 is 19.2 Å². The predicted molar refractivity (Wildman–Crippen MR) is 80.2 cm³/mol. The van der Waals surface area contributed by atoms with E-state index in [9.17, 15) is 4.79 Å². The number of furan rings is 1. The van der Waals surface area contributed by atoms with Gasteiger partial charge in [0, 0.05) is 20.2 Å². The van der Waals surface area contributed by atoms with Crippen molar-refractivity contribution in [3.8, 4) is 0 Å². The van der Waals surface area contributed by atoms with Crippen LogP contribution in [0.1, 0.15) is 30.2 Å². The molecule has 1 N–H and O–H groups in total. The number of methoxy groups -OCH3 is 1. The summed E-state index contributed by atoms with van der Waals surface area (Å²) in [5, 5.41) is 9.05. The number of ether oxygens (including phenoxy) is 1. The minimum absolute atomic E-state index is 0.0809. The quantitative estimate of drug-likeness (QED) is 0.703. The van der Waals surface area contributed by atoms with Crippen LogP contribution in [0.2, 0.25) is 0 Å². The third-order valence-electron chi connectivity index (χ3n) is 3.37. The Bertz CT molecular complexity index is 416. The maximum Gasteiger partial charge on any atom is 0.289 e. The van der Waals surface area contributed by atoms with E-state index in [2.05, 4.69) is 18.7 Å². The minimum Gasteiger partial charge on any atom is -0.455 e. The molecule has 1 amide bonds. The molecule has 0 aliphatic rings. The van der Waals surface area contributed by atoms with E-state index in [1.807, 2.05) is 6.07 Å². The smallest absolute Gasteiger partial charge is 0.289 e. The van der Waals surface area contributed by atoms with Gasteiger partial charge in [-0.2, -0.15) is 0 Å². The normalized spacial score (nSPS) is 11.1. The molecule has 1 aromatic rings. The average molecular weight is 298 g/mol. The summed E-state index contributed by atoms with van der Waals surface area (Å²) in [7, 11) is 1.58. The van der Waals surface area contributed by atoms with Gasteiger partial charge in [-0.25, -0.2) is 0 Å². The lowest BCUT2D eigenvalue weighted by Crippen LogP contribution is -2.36. The van der Waals surface area contributed by atoms with E-state index < -0.39 is 0 Å². The van der Waals surface area contributed by atoms with Crippen LogP contribution < -0.4 is 0 Å². The van der Waals surface area contributed by atoms with Gasteiger partial charge in [0.25, 0.3) is 5.91 Å². The molecule has 6 heteroatoms. The molecule has 1 rings (SSSR count). The highest BCUT2D eigenvalue weighted by atomic mass is 16.5. The van der Waals surface area contributed by atoms with Crippen molar-refractivity contribution in [2.45, 2.75) is 20.4 Å². The summed E-state index contributed by atoms with van der Waals surface area (Å²) in [6, 6.07) is 3.53. The van der Waals surface area contributed by atoms with Crippen molar-refractivity contribution in [3.63, 3.8) is 0 Å². The van der Waals surface area contributed by atoms with Crippen molar-refractivity contribution in [1.29, 1.82) is 0 Å². The second-order valence-electron chi connectivity index (χ2n) is 4.74. The molecule has 21 heavy (non-hydrogen) atoms. The number of nitrogens with zero attached hydrogens (tertiary/aromatic N) is 2. The van der Waals surface area contributed by atoms with Crippen LogP contribution >= 0.6 is 0 Å². The predicted octanol–water partition coefficient (Wildman–Crippen LogP) is 1.20. The molecule has 0 aliphatic carbocycles. The van der Waals surface area contributed by atoms with Crippen LogP contribution in [0.4, 0.5) is 0 Å². The molecule has 6 nitrogen and oxygen atoms in total. The molecular weight excluding hydrogens is 272 g/mol. The second kappa shape index (κ2) is 9.55. The number of aliphatic hydroxyl groups is 1. The topological polar surface area (TPSA) is 66.2 Å². The first-order valence-electron chi connectivity index (χ1n) is 7.36. The van der Waals surface area contributed by atoms with Gasteiger partial charge in [0.05, 0.1) is 19.8 Å². The van der Waals surface area contributed by atoms with E-state index in [0.29, 0.717) is 25.5 Å². The summed E-state index contributed by atoms with van der Waals surface area (Å²) in [5.74, 6) is 0.867. The van der Waals surface area contributed by atoms with Crippen molar-refractivity contribution in [3.05, 3.63) is 23.7 Å². The van der Waals surface area contributed by atoms with Crippen molar-refractivity contribution in [1.82, 2.24) is 9.80 Å². The summed E-state index contributed by atoms with van der Waals surface area (Å²) in [5.41, 5.74) is 0. The fourth-order valence-corrected chi connectivity index (χ4v) is 2.04. The monoisotopic (exact) mass is 298 g/mol. The number of hydrogen-bond donors (Lipinski definition) is 1. The van der Waals surface area contributed by atoms with Crippen molar-refractivity contribution in [2.75, 3.05) is 46.5 Å². The molecule has 0 atom stereocenters. The van der Waals surface area contributed by atoms with E-state index in [1.165, 1.54) is 4.90 Å². The molecule has 0 unspecified atom stereocenters. The molecule has 0 fully saturated rings. The molecule has 0 aromatic carbocycles. The molecule has 0 spiro atoms. The SMILES string of the molecule is CCN(CC)Cc1ccc(C(=O)N(CCO)CCOC)o1. The lowest BCUT2D eigenvalue weighted by Gasteiger charge is -2.20. The van der Waals surface area contributed by atoms with Crippen molar-refractivity contribution in [2.24, 2.45) is 0 Å². The van der Waals surface area contributed by atoms with E-state index in [0.717, 1.165) is 18.8 Å². The first-order valence-corrected chi connectivity index (χ1v) is 7.36. The number of amides is 1. The Labute approximate surface area is 126 Å². The molecular formula is C15H26N2O4. The third kappa shape index (κ3) is 5.49. The van der Waals surface area contributed by atoms with Gasteiger partial charge in [-0.05, 0) is 25.2 Å². The lowest BCUT2D eigenvalue weighted by atomic mass is 10.3. The Balaban J connectivity index is 2.70. The van der Waals surface area contributed by atoms with Crippen LogP contribution in [0.3, 0.4) is 0 Å². The molecule has 0 aliphatic heterocycles. The summed E-state index contributed by atoms with van der Waals surface area (Å²) in [4.78, 5) is 16.1. The number of rotatable bonds is 10. The Morgan fingerprint density at radius 2 is 2.00 bits per heavy atom. The van der Waals surface area contributed by atoms with Gasteiger partial charge in [0.2, 0.25) is 0 Å². The largest absolute Gasteiger partial charge is 0.455 e. The maximum atomic E-state index is 12.3. The van der Waals surface area contributed by atoms with Crippen molar-refractivity contribution >= 4 is 5.91 Å². The van der Waals surface area contributed by atoms with Gasteiger partial charge in [-0.15, -0.1) is 0 Å². The molecule has 0 saturated heterocycles. The van der Waals surface area contributed by atoms with Crippen LogP contribution in [-0.4, -0.2) is 67.3 Å². The highest BCUT2D eigenvalue weighted by Gasteiger charge is 2.19. The molecule has 0 saturated carbocycles. The van der Waals surface area contributed by atoms with Crippen molar-refractivity contribution < 1.29 is 19.1 Å². The van der Waals surface area contributed by atoms with Gasteiger partial charge in [-0.3, -0.25) is 9.69 Å². The van der Waals surface area contributed by atoms with Crippen LogP contribution in [0.5, 0.6) is 0 Å². The zero-order chi connectivity index (χ0) is 15.7. The van der Waals surface area contributed by atoms with Gasteiger partial charge in [0.1, 0.15) is 5.76 Å². The fourth-order valence-electron chi connectivity index (χ4n) is 2.04. The molecule has 1 aromatic heterocycles. The molecule has 120 valence electrons. The summed E-state index contributed by atoms with van der Waals surface area (Å²) in [6.45, 7) is 7.80. The third-order valence-corrected chi connectivity index (χ3v) is 3.37. The van der Waals surface area contributed by atoms with Crippen LogP contribution in [0, 0.1) is 0 Å². The summed E-state index contributed by atoms with van der Waals surface area (Å²) >= 11 is 0. The van der Waals surface area contributed by atoms with Crippen LogP contribution in [0.15, 0.2) is 16.5 Å². The Kier molecular flexibility index (Phi) is 8.04. The molecule has 0 bridgehead atoms. The maximum absolute atomic E-state index is 12.3. The standard InChI is InChI=1S/C15H26N2O4/c1-4-16(5-2)12-13-6-7-14(21-13)15(19)17(8-10-18)9-11-20-3/h6-7,18H,4-5,8-12H2,1-3H3. The molecule has 1 heterocycles. The average Bonchev–Trinajstić information content (AvgIpc) is 2.96. The summed E-state index contributed by atoms with van der Waals surface area (Å²) < 4.78 is 10.6. The summed E-state index contributed by atoms with van der Waals surface area (Å²) in [6.07, 6.45) is 0. The van der Waals surface area contributed by atoms with E-state index in [-0.39, 0.29) is 19.1 Å². The van der Waals surface area contributed by atoms with E-state index in [1.54, 1.807) is 13.2 Å². The zero-order valence-electron chi connectivity index (χ0n) is 13.2. The number of hydrogen-bond acceptors (Lipinski definition) is 5. The zero-order valence-corrected chi connectivity index (χ0v) is 13.2. The Hall–Kier alpha value is -1.37. The Morgan fingerprint density at radius 1 is 1.29 bits per heavy atom. The van der Waals surface area contributed by atoms with Gasteiger partial charge >= 0.3 is 0 Å².